The average Bonchev–Trinajstić information content (AvgIpc) is 2.72. The van der Waals surface area contributed by atoms with E-state index in [4.69, 9.17) is 4.74 Å². The summed E-state index contributed by atoms with van der Waals surface area (Å²) < 4.78 is 5.68. The number of nitrogens with zero attached hydrogens (tertiary/aromatic N) is 2. The van der Waals surface area contributed by atoms with Gasteiger partial charge in [0.1, 0.15) is 5.75 Å². The van der Waals surface area contributed by atoms with Gasteiger partial charge in [-0.05, 0) is 54.3 Å². The van der Waals surface area contributed by atoms with Crippen LogP contribution in [0, 0.1) is 6.92 Å². The number of piperazine rings is 1. The third-order valence-corrected chi connectivity index (χ3v) is 5.72. The minimum absolute atomic E-state index is 0.0292. The van der Waals surface area contributed by atoms with Gasteiger partial charge in [0.15, 0.2) is 6.61 Å². The largest absolute Gasteiger partial charge is 0.484 e. The number of ether oxygens (including phenoxy) is 1. The Labute approximate surface area is 181 Å². The predicted octanol–water partition coefficient (Wildman–Crippen LogP) is 3.56. The van der Waals surface area contributed by atoms with Gasteiger partial charge in [-0.2, -0.15) is 0 Å². The van der Waals surface area contributed by atoms with Crippen molar-refractivity contribution in [2.24, 2.45) is 0 Å². The predicted molar refractivity (Wildman–Crippen MR) is 122 cm³/mol. The molecule has 1 aliphatic heterocycles. The Kier molecular flexibility index (Phi) is 7.88. The van der Waals surface area contributed by atoms with E-state index in [0.717, 1.165) is 44.0 Å². The molecule has 1 N–H and O–H groups in total. The van der Waals surface area contributed by atoms with E-state index in [1.54, 1.807) is 0 Å². The van der Waals surface area contributed by atoms with Crippen LogP contribution in [0.5, 0.6) is 5.75 Å². The van der Waals surface area contributed by atoms with E-state index in [9.17, 15) is 4.79 Å². The monoisotopic (exact) mass is 409 g/mol. The third-order valence-electron chi connectivity index (χ3n) is 5.72. The minimum atomic E-state index is -0.106. The summed E-state index contributed by atoms with van der Waals surface area (Å²) in [6.45, 7) is 12.4. The summed E-state index contributed by atoms with van der Waals surface area (Å²) in [5, 5.41) is 2.97. The topological polar surface area (TPSA) is 44.8 Å². The van der Waals surface area contributed by atoms with Crippen molar-refractivity contribution in [2.45, 2.75) is 39.8 Å². The molecule has 1 amide bonds. The van der Waals surface area contributed by atoms with Crippen molar-refractivity contribution in [1.82, 2.24) is 15.1 Å². The zero-order valence-corrected chi connectivity index (χ0v) is 18.8. The Morgan fingerprint density at radius 3 is 2.50 bits per heavy atom. The van der Waals surface area contributed by atoms with Gasteiger partial charge in [0.05, 0.1) is 0 Å². The number of aryl methyl sites for hydroxylation is 1. The Morgan fingerprint density at radius 2 is 1.80 bits per heavy atom. The van der Waals surface area contributed by atoms with Crippen LogP contribution in [-0.2, 0) is 17.9 Å². The third kappa shape index (κ3) is 6.57. The quantitative estimate of drug-likeness (QED) is 0.724. The number of likely N-dealkylation sites (N-methyl/N-ethyl adjacent to an activating group) is 1. The van der Waals surface area contributed by atoms with Crippen LogP contribution in [0.1, 0.15) is 42.0 Å². The van der Waals surface area contributed by atoms with Gasteiger partial charge in [0, 0.05) is 39.3 Å². The molecule has 2 aromatic carbocycles. The molecular formula is C25H35N3O2. The number of nitrogens with one attached hydrogen (secondary N) is 1. The van der Waals surface area contributed by atoms with Crippen LogP contribution in [0.3, 0.4) is 0 Å². The van der Waals surface area contributed by atoms with Gasteiger partial charge in [-0.3, -0.25) is 9.69 Å². The first kappa shape index (κ1) is 22.3. The fourth-order valence-corrected chi connectivity index (χ4v) is 3.89. The number of amides is 1. The fourth-order valence-electron chi connectivity index (χ4n) is 3.89. The lowest BCUT2D eigenvalue weighted by Gasteiger charge is -2.32. The van der Waals surface area contributed by atoms with E-state index in [1.807, 2.05) is 12.1 Å². The van der Waals surface area contributed by atoms with Crippen LogP contribution < -0.4 is 10.1 Å². The molecule has 1 saturated heterocycles. The van der Waals surface area contributed by atoms with Crippen LogP contribution >= 0.6 is 0 Å². The van der Waals surface area contributed by atoms with E-state index < -0.39 is 0 Å². The first-order valence-electron chi connectivity index (χ1n) is 10.9. The fraction of sp³-hybridized carbons (Fsp3) is 0.480. The summed E-state index contributed by atoms with van der Waals surface area (Å²) in [5.41, 5.74) is 4.92. The van der Waals surface area contributed by atoms with Crippen molar-refractivity contribution in [3.05, 3.63) is 64.7 Å². The second kappa shape index (κ2) is 10.6. The van der Waals surface area contributed by atoms with Crippen molar-refractivity contribution < 1.29 is 9.53 Å². The number of carbonyl (C=O) groups is 1. The molecule has 1 heterocycles. The van der Waals surface area contributed by atoms with Crippen LogP contribution in [0.4, 0.5) is 0 Å². The lowest BCUT2D eigenvalue weighted by atomic mass is 9.98. The van der Waals surface area contributed by atoms with Crippen molar-refractivity contribution in [2.75, 3.05) is 39.8 Å². The molecule has 1 fully saturated rings. The molecule has 0 aromatic heterocycles. The molecule has 0 unspecified atom stereocenters. The maximum absolute atomic E-state index is 12.2. The van der Waals surface area contributed by atoms with Crippen LogP contribution in [0.2, 0.25) is 0 Å². The molecule has 3 rings (SSSR count). The first-order chi connectivity index (χ1) is 14.4. The van der Waals surface area contributed by atoms with Gasteiger partial charge in [0.2, 0.25) is 0 Å². The molecule has 0 aliphatic carbocycles. The molecular weight excluding hydrogens is 374 g/mol. The summed E-state index contributed by atoms with van der Waals surface area (Å²) >= 11 is 0. The Balaban J connectivity index is 1.45. The Bertz CT molecular complexity index is 842. The van der Waals surface area contributed by atoms with Crippen molar-refractivity contribution in [1.29, 1.82) is 0 Å². The minimum Gasteiger partial charge on any atom is -0.484 e. The van der Waals surface area contributed by atoms with E-state index >= 15 is 0 Å². The van der Waals surface area contributed by atoms with Crippen molar-refractivity contribution >= 4 is 5.91 Å². The van der Waals surface area contributed by atoms with E-state index in [0.29, 0.717) is 12.5 Å². The van der Waals surface area contributed by atoms with Gasteiger partial charge >= 0.3 is 0 Å². The summed E-state index contributed by atoms with van der Waals surface area (Å²) in [4.78, 5) is 17.1. The zero-order valence-electron chi connectivity index (χ0n) is 18.8. The number of benzene rings is 2. The second-order valence-corrected chi connectivity index (χ2v) is 8.64. The molecule has 0 atom stereocenters. The van der Waals surface area contributed by atoms with Gasteiger partial charge in [-0.15, -0.1) is 0 Å². The molecule has 1 aliphatic rings. The van der Waals surface area contributed by atoms with Crippen molar-refractivity contribution in [3.63, 3.8) is 0 Å². The number of hydrogen-bond acceptors (Lipinski definition) is 4. The van der Waals surface area contributed by atoms with Crippen molar-refractivity contribution in [3.8, 4) is 5.75 Å². The summed E-state index contributed by atoms with van der Waals surface area (Å²) in [5.74, 6) is 1.11. The molecule has 5 heteroatoms. The summed E-state index contributed by atoms with van der Waals surface area (Å²) in [6, 6.07) is 14.5. The van der Waals surface area contributed by atoms with E-state index in [-0.39, 0.29) is 12.5 Å². The first-order valence-corrected chi connectivity index (χ1v) is 10.9. The SMILES string of the molecule is Cc1cc(OCC(=O)NCc2cccc(CN3CCN(C)CC3)c2)ccc1C(C)C. The molecule has 0 radical (unpaired) electrons. The van der Waals surface area contributed by atoms with Gasteiger partial charge in [-0.1, -0.05) is 44.2 Å². The molecule has 2 aromatic rings. The summed E-state index contributed by atoms with van der Waals surface area (Å²) in [7, 11) is 2.17. The van der Waals surface area contributed by atoms with Crippen LogP contribution in [-0.4, -0.2) is 55.5 Å². The standard InChI is InChI=1S/C25H35N3O2/c1-19(2)24-9-8-23(14-20(24)3)30-18-25(29)26-16-21-6-5-7-22(15-21)17-28-12-10-27(4)11-13-28/h5-9,14-15,19H,10-13,16-18H2,1-4H3,(H,26,29). The highest BCUT2D eigenvalue weighted by molar-refractivity contribution is 5.77. The maximum Gasteiger partial charge on any atom is 0.258 e. The van der Waals surface area contributed by atoms with Gasteiger partial charge < -0.3 is 15.0 Å². The van der Waals surface area contributed by atoms with Crippen LogP contribution in [0.25, 0.3) is 0 Å². The van der Waals surface area contributed by atoms with Crippen LogP contribution in [0.15, 0.2) is 42.5 Å². The average molecular weight is 410 g/mol. The molecule has 0 saturated carbocycles. The molecule has 0 spiro atoms. The molecule has 162 valence electrons. The number of rotatable bonds is 8. The molecule has 5 nitrogen and oxygen atoms in total. The lowest BCUT2D eigenvalue weighted by molar-refractivity contribution is -0.123. The summed E-state index contributed by atoms with van der Waals surface area (Å²) in [6.07, 6.45) is 0. The lowest BCUT2D eigenvalue weighted by Crippen LogP contribution is -2.43. The van der Waals surface area contributed by atoms with Gasteiger partial charge in [0.25, 0.3) is 5.91 Å². The smallest absolute Gasteiger partial charge is 0.258 e. The highest BCUT2D eigenvalue weighted by Crippen LogP contribution is 2.23. The van der Waals surface area contributed by atoms with Gasteiger partial charge in [-0.25, -0.2) is 0 Å². The second-order valence-electron chi connectivity index (χ2n) is 8.64. The Hall–Kier alpha value is -2.37. The van der Waals surface area contributed by atoms with E-state index in [2.05, 4.69) is 73.3 Å². The number of carbonyl (C=O) groups excluding carboxylic acids is 1. The van der Waals surface area contributed by atoms with E-state index in [1.165, 1.54) is 16.7 Å². The maximum atomic E-state index is 12.2. The molecule has 30 heavy (non-hydrogen) atoms. The molecule has 0 bridgehead atoms. The number of hydrogen-bond donors (Lipinski definition) is 1. The normalized spacial score (nSPS) is 15.4. The zero-order chi connectivity index (χ0) is 21.5. The Morgan fingerprint density at radius 1 is 1.07 bits per heavy atom. The highest BCUT2D eigenvalue weighted by atomic mass is 16.5. The highest BCUT2D eigenvalue weighted by Gasteiger charge is 2.14.